The zero-order valence-corrected chi connectivity index (χ0v) is 16.8. The quantitative estimate of drug-likeness (QED) is 0.608. The molecule has 2 aromatic heterocycles. The first-order valence-corrected chi connectivity index (χ1v) is 9.88. The van der Waals surface area contributed by atoms with E-state index in [-0.39, 0.29) is 18.0 Å². The molecule has 1 atom stereocenters. The van der Waals surface area contributed by atoms with Crippen LogP contribution < -0.4 is 10.6 Å². The highest BCUT2D eigenvalue weighted by Gasteiger charge is 2.27. The van der Waals surface area contributed by atoms with Crippen LogP contribution in [0.25, 0.3) is 10.9 Å². The van der Waals surface area contributed by atoms with Gasteiger partial charge in [0.2, 0.25) is 0 Å². The molecule has 1 fully saturated rings. The summed E-state index contributed by atoms with van der Waals surface area (Å²) in [5.74, 6) is 0.336. The fraction of sp³-hybridized carbons (Fsp3) is 0.350. The van der Waals surface area contributed by atoms with Crippen molar-refractivity contribution in [2.45, 2.75) is 32.4 Å². The second-order valence-electron chi connectivity index (χ2n) is 7.20. The molecule has 9 heteroatoms. The average Bonchev–Trinajstić information content (AvgIpc) is 3.31. The first-order valence-electron chi connectivity index (χ1n) is 9.50. The van der Waals surface area contributed by atoms with Crippen LogP contribution >= 0.6 is 11.6 Å². The number of amides is 3. The summed E-state index contributed by atoms with van der Waals surface area (Å²) < 4.78 is 5.12. The highest BCUT2D eigenvalue weighted by atomic mass is 35.5. The molecule has 3 amide bonds. The van der Waals surface area contributed by atoms with Gasteiger partial charge in [-0.3, -0.25) is 4.79 Å². The lowest BCUT2D eigenvalue weighted by atomic mass is 10.1. The van der Waals surface area contributed by atoms with Crippen molar-refractivity contribution in [2.24, 2.45) is 0 Å². The maximum Gasteiger partial charge on any atom is 0.315 e. The summed E-state index contributed by atoms with van der Waals surface area (Å²) in [6.45, 7) is 3.17. The van der Waals surface area contributed by atoms with Crippen molar-refractivity contribution in [3.63, 3.8) is 0 Å². The number of halogens is 1. The predicted molar refractivity (Wildman–Crippen MR) is 109 cm³/mol. The van der Waals surface area contributed by atoms with Crippen LogP contribution in [0.1, 0.15) is 34.8 Å². The van der Waals surface area contributed by atoms with Crippen LogP contribution in [-0.2, 0) is 6.54 Å². The summed E-state index contributed by atoms with van der Waals surface area (Å²) in [5, 5.41) is 7.48. The second-order valence-corrected chi connectivity index (χ2v) is 7.64. The molecule has 4 rings (SSSR count). The molecule has 0 aliphatic carbocycles. The number of fused-ring (bicyclic) bond motifs is 1. The highest BCUT2D eigenvalue weighted by molar-refractivity contribution is 6.31. The number of carbonyl (C=O) groups excluding carboxylic acids is 2. The van der Waals surface area contributed by atoms with Gasteiger partial charge in [0.1, 0.15) is 5.76 Å². The van der Waals surface area contributed by atoms with Crippen molar-refractivity contribution in [3.05, 3.63) is 52.8 Å². The Bertz CT molecular complexity index is 1040. The van der Waals surface area contributed by atoms with E-state index < -0.39 is 0 Å². The fourth-order valence-electron chi connectivity index (χ4n) is 3.61. The molecule has 1 aromatic carbocycles. The highest BCUT2D eigenvalue weighted by Crippen LogP contribution is 2.20. The summed E-state index contributed by atoms with van der Waals surface area (Å²) in [5.41, 5.74) is 2.18. The standard InChI is InChI=1S/C20H22ClN5O3/c1-12-18(23-11-29-12)19(27)26-6-2-3-15(10-26)25-20(28)22-9-16-8-13-7-14(21)4-5-17(13)24-16/h4-5,7-8,11,15,24H,2-3,6,9-10H2,1H3,(H2,22,25,28)/t15-/m1/s1. The molecule has 152 valence electrons. The Balaban J connectivity index is 1.30. The average molecular weight is 416 g/mol. The van der Waals surface area contributed by atoms with Crippen LogP contribution in [0.5, 0.6) is 0 Å². The lowest BCUT2D eigenvalue weighted by Gasteiger charge is -2.32. The number of aromatic nitrogens is 2. The van der Waals surface area contributed by atoms with Crippen molar-refractivity contribution in [3.8, 4) is 0 Å². The molecular weight excluding hydrogens is 394 g/mol. The van der Waals surface area contributed by atoms with E-state index in [9.17, 15) is 9.59 Å². The number of aryl methyl sites for hydroxylation is 1. The molecule has 8 nitrogen and oxygen atoms in total. The van der Waals surface area contributed by atoms with Crippen molar-refractivity contribution >= 4 is 34.4 Å². The summed E-state index contributed by atoms with van der Waals surface area (Å²) in [6.07, 6.45) is 2.91. The third-order valence-corrected chi connectivity index (χ3v) is 5.30. The van der Waals surface area contributed by atoms with Gasteiger partial charge in [-0.1, -0.05) is 11.6 Å². The number of benzene rings is 1. The van der Waals surface area contributed by atoms with E-state index in [2.05, 4.69) is 20.6 Å². The fourth-order valence-corrected chi connectivity index (χ4v) is 3.79. The van der Waals surface area contributed by atoms with E-state index >= 15 is 0 Å². The van der Waals surface area contributed by atoms with Gasteiger partial charge in [-0.15, -0.1) is 0 Å². The van der Waals surface area contributed by atoms with Gasteiger partial charge in [-0.2, -0.15) is 0 Å². The molecular formula is C20H22ClN5O3. The van der Waals surface area contributed by atoms with Crippen molar-refractivity contribution in [1.82, 2.24) is 25.5 Å². The summed E-state index contributed by atoms with van der Waals surface area (Å²) in [7, 11) is 0. The minimum Gasteiger partial charge on any atom is -0.448 e. The van der Waals surface area contributed by atoms with Gasteiger partial charge < -0.3 is 24.9 Å². The third-order valence-electron chi connectivity index (χ3n) is 5.07. The van der Waals surface area contributed by atoms with E-state index in [0.29, 0.717) is 36.1 Å². The first-order chi connectivity index (χ1) is 14.0. The Labute approximate surface area is 172 Å². The molecule has 0 saturated carbocycles. The number of rotatable bonds is 4. The number of carbonyl (C=O) groups is 2. The molecule has 29 heavy (non-hydrogen) atoms. The van der Waals surface area contributed by atoms with Crippen LogP contribution in [0, 0.1) is 6.92 Å². The maximum atomic E-state index is 12.6. The smallest absolute Gasteiger partial charge is 0.315 e. The number of aromatic amines is 1. The Hall–Kier alpha value is -3.00. The SMILES string of the molecule is Cc1ocnc1C(=O)N1CCC[C@@H](NC(=O)NCc2cc3cc(Cl)ccc3[nH]2)C1. The van der Waals surface area contributed by atoms with Gasteiger partial charge >= 0.3 is 6.03 Å². The number of hydrogen-bond acceptors (Lipinski definition) is 4. The Morgan fingerprint density at radius 3 is 3.03 bits per heavy atom. The topological polar surface area (TPSA) is 103 Å². The minimum absolute atomic E-state index is 0.110. The van der Waals surface area contributed by atoms with Crippen molar-refractivity contribution < 1.29 is 14.0 Å². The molecule has 3 N–H and O–H groups in total. The lowest BCUT2D eigenvalue weighted by molar-refractivity contribution is 0.0690. The number of urea groups is 1. The van der Waals surface area contributed by atoms with Gasteiger partial charge in [-0.05, 0) is 44.0 Å². The Morgan fingerprint density at radius 2 is 2.24 bits per heavy atom. The van der Waals surface area contributed by atoms with Gasteiger partial charge in [0.05, 0.1) is 6.54 Å². The summed E-state index contributed by atoms with van der Waals surface area (Å²) in [4.78, 5) is 33.9. The summed E-state index contributed by atoms with van der Waals surface area (Å²) in [6, 6.07) is 7.19. The molecule has 1 saturated heterocycles. The Morgan fingerprint density at radius 1 is 1.38 bits per heavy atom. The number of nitrogens with zero attached hydrogens (tertiary/aromatic N) is 2. The molecule has 0 spiro atoms. The van der Waals surface area contributed by atoms with Crippen LogP contribution in [0.3, 0.4) is 0 Å². The molecule has 3 heterocycles. The number of oxazole rings is 1. The zero-order chi connectivity index (χ0) is 20.4. The molecule has 1 aliphatic heterocycles. The van der Waals surface area contributed by atoms with Gasteiger partial charge in [0.15, 0.2) is 12.1 Å². The minimum atomic E-state index is -0.265. The van der Waals surface area contributed by atoms with Crippen LogP contribution in [-0.4, -0.2) is 45.9 Å². The second kappa shape index (κ2) is 8.16. The normalized spacial score (nSPS) is 16.8. The van der Waals surface area contributed by atoms with E-state index in [1.54, 1.807) is 11.8 Å². The van der Waals surface area contributed by atoms with Crippen LogP contribution in [0.15, 0.2) is 35.1 Å². The lowest BCUT2D eigenvalue weighted by Crippen LogP contribution is -2.51. The number of hydrogen-bond donors (Lipinski definition) is 3. The van der Waals surface area contributed by atoms with E-state index in [4.69, 9.17) is 16.0 Å². The zero-order valence-electron chi connectivity index (χ0n) is 16.0. The van der Waals surface area contributed by atoms with Crippen molar-refractivity contribution in [1.29, 1.82) is 0 Å². The van der Waals surface area contributed by atoms with Crippen LogP contribution in [0.2, 0.25) is 5.02 Å². The monoisotopic (exact) mass is 415 g/mol. The summed E-state index contributed by atoms with van der Waals surface area (Å²) >= 11 is 6.01. The molecule has 0 bridgehead atoms. The van der Waals surface area contributed by atoms with Crippen LogP contribution in [0.4, 0.5) is 4.79 Å². The largest absolute Gasteiger partial charge is 0.448 e. The maximum absolute atomic E-state index is 12.6. The van der Waals surface area contributed by atoms with Gasteiger partial charge in [0.25, 0.3) is 5.91 Å². The molecule has 1 aliphatic rings. The first kappa shape index (κ1) is 19.3. The number of H-pyrrole nitrogens is 1. The number of nitrogens with one attached hydrogen (secondary N) is 3. The molecule has 0 unspecified atom stereocenters. The Kier molecular flexibility index (Phi) is 5.44. The van der Waals surface area contributed by atoms with E-state index in [1.807, 2.05) is 24.3 Å². The number of likely N-dealkylation sites (tertiary alicyclic amines) is 1. The molecule has 0 radical (unpaired) electrons. The molecule has 3 aromatic rings. The van der Waals surface area contributed by atoms with Crippen molar-refractivity contribution in [2.75, 3.05) is 13.1 Å². The third kappa shape index (κ3) is 4.37. The van der Waals surface area contributed by atoms with Gasteiger partial charge in [-0.25, -0.2) is 9.78 Å². The van der Waals surface area contributed by atoms with Gasteiger partial charge in [0, 0.05) is 40.8 Å². The van der Waals surface area contributed by atoms with E-state index in [1.165, 1.54) is 6.39 Å². The predicted octanol–water partition coefficient (Wildman–Crippen LogP) is 3.22. The van der Waals surface area contributed by atoms with E-state index in [0.717, 1.165) is 29.4 Å². The number of piperidine rings is 1.